The lowest BCUT2D eigenvalue weighted by Gasteiger charge is -2.26. The molecule has 0 saturated heterocycles. The first kappa shape index (κ1) is 14.3. The Hall–Kier alpha value is -1.69. The van der Waals surface area contributed by atoms with E-state index in [0.29, 0.717) is 22.2 Å². The van der Waals surface area contributed by atoms with Crippen molar-refractivity contribution in [1.82, 2.24) is 19.3 Å². The first-order chi connectivity index (χ1) is 10.1. The topological polar surface area (TPSA) is 55.6 Å². The minimum atomic E-state index is 0.0407. The highest BCUT2D eigenvalue weighted by Gasteiger charge is 2.20. The van der Waals surface area contributed by atoms with Gasteiger partial charge >= 0.3 is 0 Å². The Kier molecular flexibility index (Phi) is 3.80. The molecule has 0 aliphatic heterocycles. The van der Waals surface area contributed by atoms with Gasteiger partial charge in [-0.3, -0.25) is 9.89 Å². The quantitative estimate of drug-likeness (QED) is 0.867. The van der Waals surface area contributed by atoms with E-state index in [2.05, 4.69) is 10.2 Å². The Morgan fingerprint density at radius 2 is 2.00 bits per heavy atom. The Bertz CT molecular complexity index is 765. The number of nitrogens with one attached hydrogen (secondary N) is 1. The van der Waals surface area contributed by atoms with Crippen LogP contribution in [-0.2, 0) is 7.05 Å². The lowest BCUT2D eigenvalue weighted by molar-refractivity contribution is 0.342. The van der Waals surface area contributed by atoms with Crippen LogP contribution in [0.3, 0.4) is 0 Å². The average Bonchev–Trinajstić information content (AvgIpc) is 2.81. The van der Waals surface area contributed by atoms with Crippen molar-refractivity contribution in [2.24, 2.45) is 7.05 Å². The van der Waals surface area contributed by atoms with Gasteiger partial charge in [-0.05, 0) is 44.1 Å². The Morgan fingerprint density at radius 3 is 2.62 bits per heavy atom. The third-order valence-corrected chi connectivity index (χ3v) is 4.75. The molecule has 2 aromatic heterocycles. The van der Waals surface area contributed by atoms with Gasteiger partial charge in [-0.2, -0.15) is 5.10 Å². The van der Waals surface area contributed by atoms with Gasteiger partial charge < -0.3 is 9.13 Å². The minimum absolute atomic E-state index is 0.0407. The van der Waals surface area contributed by atoms with Crippen LogP contribution < -0.4 is 5.56 Å². The van der Waals surface area contributed by atoms with E-state index in [1.165, 1.54) is 19.3 Å². The van der Waals surface area contributed by atoms with E-state index >= 15 is 0 Å². The summed E-state index contributed by atoms with van der Waals surface area (Å²) in [5, 5.41) is 6.94. The maximum Gasteiger partial charge on any atom is 0.262 e. The van der Waals surface area contributed by atoms with Crippen LogP contribution in [-0.4, -0.2) is 19.3 Å². The molecule has 1 aliphatic rings. The summed E-state index contributed by atoms with van der Waals surface area (Å²) in [6.45, 7) is 2.00. The number of aromatic amines is 1. The van der Waals surface area contributed by atoms with E-state index in [1.54, 1.807) is 4.57 Å². The summed E-state index contributed by atoms with van der Waals surface area (Å²) < 4.78 is 4.22. The van der Waals surface area contributed by atoms with E-state index in [1.807, 2.05) is 30.7 Å². The molecule has 0 radical (unpaired) electrons. The first-order valence-corrected chi connectivity index (χ1v) is 7.84. The molecule has 6 heteroatoms. The van der Waals surface area contributed by atoms with Crippen molar-refractivity contribution in [2.75, 3.05) is 0 Å². The number of H-pyrrole nitrogens is 1. The van der Waals surface area contributed by atoms with Crippen LogP contribution in [0.1, 0.15) is 43.8 Å². The van der Waals surface area contributed by atoms with Crippen molar-refractivity contribution in [2.45, 2.75) is 45.1 Å². The van der Waals surface area contributed by atoms with Gasteiger partial charge in [0.05, 0.1) is 5.56 Å². The molecular weight excluding hydrogens is 284 g/mol. The van der Waals surface area contributed by atoms with Crippen molar-refractivity contribution in [3.63, 3.8) is 0 Å². The molecule has 0 unspecified atom stereocenters. The molecule has 0 atom stereocenters. The second-order valence-electron chi connectivity index (χ2n) is 5.77. The third kappa shape index (κ3) is 2.48. The zero-order valence-electron chi connectivity index (χ0n) is 12.4. The van der Waals surface area contributed by atoms with E-state index < -0.39 is 0 Å². The zero-order valence-corrected chi connectivity index (χ0v) is 13.2. The molecule has 0 spiro atoms. The van der Waals surface area contributed by atoms with Gasteiger partial charge in [0.2, 0.25) is 0 Å². The monoisotopic (exact) mass is 304 g/mol. The summed E-state index contributed by atoms with van der Waals surface area (Å²) in [4.78, 5) is 12.9. The molecule has 1 fully saturated rings. The highest BCUT2D eigenvalue weighted by atomic mass is 32.1. The predicted molar refractivity (Wildman–Crippen MR) is 84.9 cm³/mol. The van der Waals surface area contributed by atoms with E-state index in [-0.39, 0.29) is 5.56 Å². The highest BCUT2D eigenvalue weighted by molar-refractivity contribution is 7.71. The molecule has 2 heterocycles. The number of nitrogens with zero attached hydrogens (tertiary/aromatic N) is 3. The standard InChI is InChI=1S/C15H20N4OS/c1-10-8-9-12(13-16-17-15(21)18(13)2)14(20)19(10)11-6-4-3-5-7-11/h8-9,11H,3-7H2,1-2H3,(H,17,21). The van der Waals surface area contributed by atoms with Gasteiger partial charge in [-0.15, -0.1) is 0 Å². The normalized spacial score (nSPS) is 16.3. The number of hydrogen-bond acceptors (Lipinski definition) is 3. The third-order valence-electron chi connectivity index (χ3n) is 4.38. The van der Waals surface area contributed by atoms with Crippen molar-refractivity contribution in [1.29, 1.82) is 0 Å². The number of aromatic nitrogens is 4. The fourth-order valence-corrected chi connectivity index (χ4v) is 3.33. The fourth-order valence-electron chi connectivity index (χ4n) is 3.20. The summed E-state index contributed by atoms with van der Waals surface area (Å²) in [7, 11) is 1.82. The smallest absolute Gasteiger partial charge is 0.262 e. The van der Waals surface area contributed by atoms with Crippen molar-refractivity contribution >= 4 is 12.2 Å². The molecule has 2 aromatic rings. The minimum Gasteiger partial charge on any atom is -0.309 e. The number of aryl methyl sites for hydroxylation is 1. The molecule has 0 bridgehead atoms. The van der Waals surface area contributed by atoms with Crippen LogP contribution in [0.15, 0.2) is 16.9 Å². The zero-order chi connectivity index (χ0) is 15.0. The lowest BCUT2D eigenvalue weighted by Crippen LogP contribution is -2.29. The second kappa shape index (κ2) is 5.60. The predicted octanol–water partition coefficient (Wildman–Crippen LogP) is 3.12. The number of hydrogen-bond donors (Lipinski definition) is 1. The van der Waals surface area contributed by atoms with Gasteiger partial charge in [-0.1, -0.05) is 19.3 Å². The van der Waals surface area contributed by atoms with Gasteiger partial charge in [0.1, 0.15) is 0 Å². The SMILES string of the molecule is Cc1ccc(-c2n[nH]c(=S)n2C)c(=O)n1C1CCCCC1. The Morgan fingerprint density at radius 1 is 1.29 bits per heavy atom. The Labute approximate surface area is 128 Å². The van der Waals surface area contributed by atoms with Gasteiger partial charge in [0.15, 0.2) is 10.6 Å². The lowest BCUT2D eigenvalue weighted by atomic mass is 9.94. The summed E-state index contributed by atoms with van der Waals surface area (Å²) in [6, 6.07) is 4.17. The van der Waals surface area contributed by atoms with Crippen LogP contribution >= 0.6 is 12.2 Å². The molecule has 1 saturated carbocycles. The largest absolute Gasteiger partial charge is 0.309 e. The first-order valence-electron chi connectivity index (χ1n) is 7.43. The van der Waals surface area contributed by atoms with Crippen LogP contribution in [0.5, 0.6) is 0 Å². The van der Waals surface area contributed by atoms with Crippen LogP contribution in [0.4, 0.5) is 0 Å². The fraction of sp³-hybridized carbons (Fsp3) is 0.533. The number of rotatable bonds is 2. The molecule has 1 aliphatic carbocycles. The molecule has 21 heavy (non-hydrogen) atoms. The molecule has 5 nitrogen and oxygen atoms in total. The molecule has 3 rings (SSSR count). The maximum atomic E-state index is 12.9. The molecule has 0 aromatic carbocycles. The summed E-state index contributed by atoms with van der Waals surface area (Å²) >= 11 is 5.14. The van der Waals surface area contributed by atoms with Crippen LogP contribution in [0.2, 0.25) is 0 Å². The van der Waals surface area contributed by atoms with Crippen LogP contribution in [0.25, 0.3) is 11.4 Å². The molecule has 112 valence electrons. The van der Waals surface area contributed by atoms with Crippen molar-refractivity contribution < 1.29 is 0 Å². The average molecular weight is 304 g/mol. The van der Waals surface area contributed by atoms with E-state index in [4.69, 9.17) is 12.2 Å². The summed E-state index contributed by atoms with van der Waals surface area (Å²) in [6.07, 6.45) is 5.85. The second-order valence-corrected chi connectivity index (χ2v) is 6.15. The molecule has 0 amide bonds. The van der Waals surface area contributed by atoms with Crippen molar-refractivity contribution in [3.8, 4) is 11.4 Å². The number of pyridine rings is 1. The van der Waals surface area contributed by atoms with Crippen LogP contribution in [0, 0.1) is 11.7 Å². The van der Waals surface area contributed by atoms with Crippen molar-refractivity contribution in [3.05, 3.63) is 33.0 Å². The van der Waals surface area contributed by atoms with Gasteiger partial charge in [0.25, 0.3) is 5.56 Å². The Balaban J connectivity index is 2.14. The van der Waals surface area contributed by atoms with Gasteiger partial charge in [-0.25, -0.2) is 0 Å². The van der Waals surface area contributed by atoms with E-state index in [9.17, 15) is 4.79 Å². The summed E-state index contributed by atoms with van der Waals surface area (Å²) in [5.41, 5.74) is 1.67. The maximum absolute atomic E-state index is 12.9. The molecule has 1 N–H and O–H groups in total. The summed E-state index contributed by atoms with van der Waals surface area (Å²) in [5.74, 6) is 0.606. The van der Waals surface area contributed by atoms with E-state index in [0.717, 1.165) is 18.5 Å². The highest BCUT2D eigenvalue weighted by Crippen LogP contribution is 2.28. The molecular formula is C15H20N4OS. The van der Waals surface area contributed by atoms with Gasteiger partial charge in [0, 0.05) is 18.8 Å².